The molecule has 3 aliphatic rings. The average molecular weight is 432 g/mol. The van der Waals surface area contributed by atoms with Crippen molar-refractivity contribution in [2.24, 2.45) is 11.8 Å². The van der Waals surface area contributed by atoms with Gasteiger partial charge >= 0.3 is 0 Å². The molecule has 0 aliphatic carbocycles. The fourth-order valence-electron chi connectivity index (χ4n) is 5.14. The highest BCUT2D eigenvalue weighted by atomic mass is 32.2. The maximum atomic E-state index is 12.0. The van der Waals surface area contributed by atoms with Gasteiger partial charge in [-0.3, -0.25) is 0 Å². The van der Waals surface area contributed by atoms with Crippen LogP contribution in [0.4, 0.5) is 5.82 Å². The first-order chi connectivity index (χ1) is 14.4. The summed E-state index contributed by atoms with van der Waals surface area (Å²) in [5, 5.41) is 4.53. The van der Waals surface area contributed by atoms with Crippen molar-refractivity contribution in [2.75, 3.05) is 56.5 Å². The van der Waals surface area contributed by atoms with Crippen molar-refractivity contribution < 1.29 is 8.42 Å². The number of nitrogens with zero attached hydrogens (tertiary/aromatic N) is 7. The van der Waals surface area contributed by atoms with Crippen molar-refractivity contribution in [3.8, 4) is 5.82 Å². The minimum atomic E-state index is -2.99. The van der Waals surface area contributed by atoms with E-state index in [4.69, 9.17) is 0 Å². The lowest BCUT2D eigenvalue weighted by atomic mass is 10.0. The Kier molecular flexibility index (Phi) is 5.03. The molecule has 3 aliphatic heterocycles. The third kappa shape index (κ3) is 3.72. The molecule has 0 saturated carbocycles. The van der Waals surface area contributed by atoms with E-state index >= 15 is 0 Å². The van der Waals surface area contributed by atoms with Gasteiger partial charge in [-0.25, -0.2) is 27.4 Å². The van der Waals surface area contributed by atoms with E-state index in [1.807, 2.05) is 30.7 Å². The van der Waals surface area contributed by atoms with Crippen molar-refractivity contribution in [1.29, 1.82) is 0 Å². The second kappa shape index (κ2) is 7.58. The van der Waals surface area contributed by atoms with Crippen LogP contribution in [-0.4, -0.2) is 88.9 Å². The summed E-state index contributed by atoms with van der Waals surface area (Å²) in [6, 6.07) is 4.07. The van der Waals surface area contributed by atoms with Crippen molar-refractivity contribution in [1.82, 2.24) is 29.0 Å². The predicted molar refractivity (Wildman–Crippen MR) is 114 cm³/mol. The summed E-state index contributed by atoms with van der Waals surface area (Å²) in [4.78, 5) is 13.7. The second-order valence-electron chi connectivity index (χ2n) is 8.83. The van der Waals surface area contributed by atoms with E-state index in [0.29, 0.717) is 30.7 Å². The number of fused-ring (bicyclic) bond motifs is 1. The van der Waals surface area contributed by atoms with Crippen LogP contribution < -0.4 is 4.90 Å². The van der Waals surface area contributed by atoms with Crippen molar-refractivity contribution in [2.45, 2.75) is 20.3 Å². The van der Waals surface area contributed by atoms with Crippen LogP contribution in [-0.2, 0) is 10.0 Å². The van der Waals surface area contributed by atoms with Crippen LogP contribution in [0.2, 0.25) is 0 Å². The highest BCUT2D eigenvalue weighted by Gasteiger charge is 2.40. The smallest absolute Gasteiger partial charge is 0.214 e. The van der Waals surface area contributed by atoms with E-state index < -0.39 is 10.0 Å². The fraction of sp³-hybridized carbons (Fsp3) is 0.650. The maximum Gasteiger partial charge on any atom is 0.214 e. The highest BCUT2D eigenvalue weighted by Crippen LogP contribution is 2.33. The van der Waals surface area contributed by atoms with Crippen molar-refractivity contribution >= 4 is 15.8 Å². The lowest BCUT2D eigenvalue weighted by Crippen LogP contribution is -2.36. The molecule has 3 fully saturated rings. The quantitative estimate of drug-likeness (QED) is 0.688. The standard InChI is InChI=1S/C20H29N7O2S/c1-15-8-16(2)27(23-15)20-9-19(21-14-22-20)25-12-17-10-24(11-18(17)13-25)5-6-26-4-3-7-30(26,28)29/h8-9,14,17-18H,3-7,10-13H2,1-2H3. The molecule has 2 aromatic rings. The van der Waals surface area contributed by atoms with Crippen LogP contribution in [0.5, 0.6) is 0 Å². The Bertz CT molecular complexity index is 1020. The second-order valence-corrected chi connectivity index (χ2v) is 10.9. The summed E-state index contributed by atoms with van der Waals surface area (Å²) < 4.78 is 27.5. The summed E-state index contributed by atoms with van der Waals surface area (Å²) in [5.41, 5.74) is 2.04. The molecule has 0 spiro atoms. The lowest BCUT2D eigenvalue weighted by Gasteiger charge is -2.24. The lowest BCUT2D eigenvalue weighted by molar-refractivity contribution is 0.286. The molecule has 0 amide bonds. The third-order valence-electron chi connectivity index (χ3n) is 6.62. The van der Waals surface area contributed by atoms with Gasteiger partial charge in [0.1, 0.15) is 12.1 Å². The minimum Gasteiger partial charge on any atom is -0.356 e. The van der Waals surface area contributed by atoms with Crippen molar-refractivity contribution in [3.63, 3.8) is 0 Å². The van der Waals surface area contributed by atoms with E-state index in [9.17, 15) is 8.42 Å². The molecule has 162 valence electrons. The van der Waals surface area contributed by atoms with Gasteiger partial charge in [-0.15, -0.1) is 0 Å². The Morgan fingerprint density at radius 1 is 1.00 bits per heavy atom. The summed E-state index contributed by atoms with van der Waals surface area (Å²) in [6.45, 7) is 10.2. The van der Waals surface area contributed by atoms with Crippen molar-refractivity contribution in [3.05, 3.63) is 29.8 Å². The number of aromatic nitrogens is 4. The summed E-state index contributed by atoms with van der Waals surface area (Å²) in [6.07, 6.45) is 2.39. The first-order valence-electron chi connectivity index (χ1n) is 10.7. The number of hydrogen-bond donors (Lipinski definition) is 0. The number of likely N-dealkylation sites (tertiary alicyclic amines) is 1. The summed E-state index contributed by atoms with van der Waals surface area (Å²) in [5.74, 6) is 3.28. The number of sulfonamides is 1. The molecule has 5 heterocycles. The topological polar surface area (TPSA) is 87.5 Å². The number of hydrogen-bond acceptors (Lipinski definition) is 7. The van der Waals surface area contributed by atoms with Crippen LogP contribution in [0.15, 0.2) is 18.5 Å². The molecule has 9 nitrogen and oxygen atoms in total. The van der Waals surface area contributed by atoms with E-state index in [0.717, 1.165) is 62.2 Å². The van der Waals surface area contributed by atoms with E-state index in [-0.39, 0.29) is 0 Å². The van der Waals surface area contributed by atoms with Crippen LogP contribution in [0.1, 0.15) is 17.8 Å². The Hall–Kier alpha value is -2.04. The molecule has 0 radical (unpaired) electrons. The molecule has 30 heavy (non-hydrogen) atoms. The Morgan fingerprint density at radius 2 is 1.73 bits per heavy atom. The fourth-order valence-corrected chi connectivity index (χ4v) is 6.66. The molecule has 2 unspecified atom stereocenters. The summed E-state index contributed by atoms with van der Waals surface area (Å²) in [7, 11) is -2.99. The molecule has 0 aromatic carbocycles. The zero-order valence-corrected chi connectivity index (χ0v) is 18.4. The zero-order chi connectivity index (χ0) is 20.9. The van der Waals surface area contributed by atoms with E-state index in [2.05, 4.69) is 24.9 Å². The van der Waals surface area contributed by atoms with E-state index in [1.165, 1.54) is 0 Å². The normalized spacial score (nSPS) is 26.5. The van der Waals surface area contributed by atoms with Gasteiger partial charge in [0, 0.05) is 57.6 Å². The molecular formula is C20H29N7O2S. The zero-order valence-electron chi connectivity index (χ0n) is 17.6. The molecule has 10 heteroatoms. The predicted octanol–water partition coefficient (Wildman–Crippen LogP) is 0.683. The van der Waals surface area contributed by atoms with Gasteiger partial charge in [0.25, 0.3) is 0 Å². The molecule has 0 N–H and O–H groups in total. The maximum absolute atomic E-state index is 12.0. The van der Waals surface area contributed by atoms with E-state index in [1.54, 1.807) is 10.6 Å². The minimum absolute atomic E-state index is 0.311. The Labute approximate surface area is 177 Å². The van der Waals surface area contributed by atoms with Crippen LogP contribution in [0, 0.1) is 25.7 Å². The number of aryl methyl sites for hydroxylation is 2. The Balaban J connectivity index is 1.20. The van der Waals surface area contributed by atoms with Gasteiger partial charge < -0.3 is 9.80 Å². The van der Waals surface area contributed by atoms with Gasteiger partial charge in [0.2, 0.25) is 10.0 Å². The van der Waals surface area contributed by atoms with Gasteiger partial charge in [-0.05, 0) is 38.2 Å². The molecule has 0 bridgehead atoms. The number of anilines is 1. The third-order valence-corrected chi connectivity index (χ3v) is 8.58. The van der Waals surface area contributed by atoms with Gasteiger partial charge in [-0.1, -0.05) is 0 Å². The number of rotatable bonds is 5. The van der Waals surface area contributed by atoms with Gasteiger partial charge in [0.05, 0.1) is 11.4 Å². The van der Waals surface area contributed by atoms with Crippen LogP contribution in [0.25, 0.3) is 5.82 Å². The first kappa shape index (κ1) is 19.9. The SMILES string of the molecule is Cc1cc(C)n(-c2cc(N3CC4CN(CCN5CCCS5(=O)=O)CC4C3)ncn2)n1. The van der Waals surface area contributed by atoms with Crippen LogP contribution in [0.3, 0.4) is 0 Å². The molecule has 2 aromatic heterocycles. The summed E-state index contributed by atoms with van der Waals surface area (Å²) >= 11 is 0. The molecule has 3 saturated heterocycles. The monoisotopic (exact) mass is 431 g/mol. The molecule has 5 rings (SSSR count). The van der Waals surface area contributed by atoms with Gasteiger partial charge in [-0.2, -0.15) is 5.10 Å². The molecular weight excluding hydrogens is 402 g/mol. The highest BCUT2D eigenvalue weighted by molar-refractivity contribution is 7.89. The van der Waals surface area contributed by atoms with Gasteiger partial charge in [0.15, 0.2) is 5.82 Å². The average Bonchev–Trinajstić information content (AvgIpc) is 3.43. The van der Waals surface area contributed by atoms with Crippen LogP contribution >= 0.6 is 0 Å². The largest absolute Gasteiger partial charge is 0.356 e. The Morgan fingerprint density at radius 3 is 2.37 bits per heavy atom. The first-order valence-corrected chi connectivity index (χ1v) is 12.3. The molecule has 2 atom stereocenters.